The highest BCUT2D eigenvalue weighted by molar-refractivity contribution is 6.68. The summed E-state index contributed by atoms with van der Waals surface area (Å²) in [5.41, 5.74) is 6.56. The summed E-state index contributed by atoms with van der Waals surface area (Å²) in [6.07, 6.45) is 0. The minimum Gasteiger partial charge on any atom is -0.355 e. The summed E-state index contributed by atoms with van der Waals surface area (Å²) in [4.78, 5) is 0. The van der Waals surface area contributed by atoms with Crippen LogP contribution in [0.15, 0.2) is 36.4 Å². The summed E-state index contributed by atoms with van der Waals surface area (Å²) < 4.78 is 40.8. The van der Waals surface area contributed by atoms with Crippen LogP contribution in [0.1, 0.15) is 33.4 Å². The van der Waals surface area contributed by atoms with Crippen LogP contribution >= 0.6 is 0 Å². The third-order valence-corrected chi connectivity index (χ3v) is 10.3. The van der Waals surface area contributed by atoms with E-state index in [1.807, 2.05) is 64.1 Å². The Bertz CT molecular complexity index is 742. The summed E-state index contributed by atoms with van der Waals surface area (Å²) >= 11 is 0. The SMILES string of the molecule is CO[Si](OC)(OCc1c(C)cccc1C)O[Si](OC)(OC)OCc1c(C)cccc1C. The van der Waals surface area contributed by atoms with Gasteiger partial charge in [-0.25, -0.2) is 0 Å². The molecule has 0 atom stereocenters. The van der Waals surface area contributed by atoms with Crippen LogP contribution in [0.25, 0.3) is 0 Å². The molecule has 0 aromatic heterocycles. The molecule has 0 N–H and O–H groups in total. The minimum atomic E-state index is -3.63. The normalized spacial score (nSPS) is 12.4. The van der Waals surface area contributed by atoms with Crippen molar-refractivity contribution in [1.82, 2.24) is 0 Å². The smallest absolute Gasteiger partial charge is 0.355 e. The number of benzene rings is 2. The molecule has 0 spiro atoms. The molecular formula is C22H34O7Si2. The first-order valence-corrected chi connectivity index (χ1v) is 13.3. The van der Waals surface area contributed by atoms with Gasteiger partial charge in [-0.05, 0) is 61.1 Å². The van der Waals surface area contributed by atoms with Crippen LogP contribution < -0.4 is 0 Å². The summed E-state index contributed by atoms with van der Waals surface area (Å²) in [5, 5.41) is 0. The summed E-state index contributed by atoms with van der Waals surface area (Å²) in [6.45, 7) is 8.67. The molecule has 0 heterocycles. The average molecular weight is 467 g/mol. The van der Waals surface area contributed by atoms with Gasteiger partial charge in [-0.1, -0.05) is 36.4 Å². The van der Waals surface area contributed by atoms with Crippen LogP contribution in [0.2, 0.25) is 0 Å². The molecule has 0 aliphatic heterocycles. The van der Waals surface area contributed by atoms with Gasteiger partial charge in [0.1, 0.15) is 0 Å². The second-order valence-corrected chi connectivity index (χ2v) is 12.3. The maximum Gasteiger partial charge on any atom is 0.673 e. The third-order valence-electron chi connectivity index (χ3n) is 5.33. The van der Waals surface area contributed by atoms with E-state index >= 15 is 0 Å². The monoisotopic (exact) mass is 466 g/mol. The molecule has 0 saturated heterocycles. The van der Waals surface area contributed by atoms with Gasteiger partial charge in [-0.15, -0.1) is 0 Å². The van der Waals surface area contributed by atoms with Crippen molar-refractivity contribution in [2.45, 2.75) is 40.9 Å². The van der Waals surface area contributed by atoms with Gasteiger partial charge in [0.25, 0.3) is 0 Å². The van der Waals surface area contributed by atoms with E-state index in [0.717, 1.165) is 33.4 Å². The van der Waals surface area contributed by atoms with Gasteiger partial charge in [-0.2, -0.15) is 0 Å². The molecule has 0 amide bonds. The van der Waals surface area contributed by atoms with Crippen molar-refractivity contribution in [3.05, 3.63) is 69.8 Å². The fourth-order valence-corrected chi connectivity index (χ4v) is 7.73. The van der Waals surface area contributed by atoms with Crippen molar-refractivity contribution < 1.29 is 30.7 Å². The lowest BCUT2D eigenvalue weighted by atomic mass is 10.0. The molecule has 0 radical (unpaired) electrons. The Hall–Kier alpha value is -1.41. The first-order valence-electron chi connectivity index (χ1n) is 10.0. The Balaban J connectivity index is 2.23. The Morgan fingerprint density at radius 2 is 0.839 bits per heavy atom. The zero-order valence-corrected chi connectivity index (χ0v) is 21.7. The largest absolute Gasteiger partial charge is 0.673 e. The van der Waals surface area contributed by atoms with Gasteiger partial charge < -0.3 is 30.7 Å². The molecule has 0 aliphatic carbocycles. The molecule has 172 valence electrons. The van der Waals surface area contributed by atoms with Crippen molar-refractivity contribution >= 4 is 18.1 Å². The fourth-order valence-electron chi connectivity index (χ4n) is 3.26. The molecular weight excluding hydrogens is 432 g/mol. The van der Waals surface area contributed by atoms with Crippen LogP contribution in [0, 0.1) is 27.7 Å². The van der Waals surface area contributed by atoms with Crippen molar-refractivity contribution in [2.24, 2.45) is 0 Å². The van der Waals surface area contributed by atoms with Gasteiger partial charge in [-0.3, -0.25) is 0 Å². The first kappa shape index (κ1) is 25.9. The molecule has 0 aliphatic rings. The van der Waals surface area contributed by atoms with Crippen LogP contribution in [-0.4, -0.2) is 46.5 Å². The van der Waals surface area contributed by atoms with E-state index in [0.29, 0.717) is 0 Å². The number of aryl methyl sites for hydroxylation is 4. The molecule has 0 fully saturated rings. The molecule has 0 bridgehead atoms. The Morgan fingerprint density at radius 3 is 1.10 bits per heavy atom. The predicted molar refractivity (Wildman–Crippen MR) is 122 cm³/mol. The van der Waals surface area contributed by atoms with Gasteiger partial charge in [0.2, 0.25) is 0 Å². The maximum absolute atomic E-state index is 6.17. The molecule has 0 unspecified atom stereocenters. The van der Waals surface area contributed by atoms with E-state index in [9.17, 15) is 0 Å². The van der Waals surface area contributed by atoms with Crippen molar-refractivity contribution in [1.29, 1.82) is 0 Å². The quantitative estimate of drug-likeness (QED) is 0.436. The van der Waals surface area contributed by atoms with Gasteiger partial charge in [0, 0.05) is 28.4 Å². The Labute approximate surface area is 188 Å². The second kappa shape index (κ2) is 11.5. The topological polar surface area (TPSA) is 64.6 Å². The van der Waals surface area contributed by atoms with Gasteiger partial charge >= 0.3 is 18.1 Å². The van der Waals surface area contributed by atoms with Crippen molar-refractivity contribution in [3.8, 4) is 0 Å². The summed E-state index contributed by atoms with van der Waals surface area (Å²) in [6, 6.07) is 12.2. The Morgan fingerprint density at radius 1 is 0.548 bits per heavy atom. The highest BCUT2D eigenvalue weighted by Gasteiger charge is 2.58. The van der Waals surface area contributed by atoms with Crippen LogP contribution in [-0.2, 0) is 43.9 Å². The molecule has 7 nitrogen and oxygen atoms in total. The van der Waals surface area contributed by atoms with Crippen molar-refractivity contribution in [2.75, 3.05) is 28.4 Å². The lowest BCUT2D eigenvalue weighted by Crippen LogP contribution is -2.60. The zero-order valence-electron chi connectivity index (χ0n) is 19.7. The molecule has 0 saturated carbocycles. The van der Waals surface area contributed by atoms with Crippen LogP contribution in [0.4, 0.5) is 0 Å². The summed E-state index contributed by atoms with van der Waals surface area (Å²) in [7, 11) is -1.33. The van der Waals surface area contributed by atoms with E-state index in [4.69, 9.17) is 30.7 Å². The van der Waals surface area contributed by atoms with E-state index in [1.54, 1.807) is 0 Å². The van der Waals surface area contributed by atoms with E-state index in [-0.39, 0.29) is 13.2 Å². The zero-order chi connectivity index (χ0) is 23.1. The lowest BCUT2D eigenvalue weighted by molar-refractivity contribution is -0.0467. The van der Waals surface area contributed by atoms with Gasteiger partial charge in [0.15, 0.2) is 0 Å². The third kappa shape index (κ3) is 6.31. The van der Waals surface area contributed by atoms with Crippen molar-refractivity contribution in [3.63, 3.8) is 0 Å². The average Bonchev–Trinajstić information content (AvgIpc) is 2.76. The first-order chi connectivity index (χ1) is 14.7. The maximum atomic E-state index is 6.17. The van der Waals surface area contributed by atoms with Crippen LogP contribution in [0.3, 0.4) is 0 Å². The van der Waals surface area contributed by atoms with E-state index in [1.165, 1.54) is 28.4 Å². The molecule has 31 heavy (non-hydrogen) atoms. The fraction of sp³-hybridized carbons (Fsp3) is 0.455. The minimum absolute atomic E-state index is 0.265. The van der Waals surface area contributed by atoms with Crippen LogP contribution in [0.5, 0.6) is 0 Å². The molecule has 2 aromatic carbocycles. The summed E-state index contributed by atoms with van der Waals surface area (Å²) in [5.74, 6) is 0. The van der Waals surface area contributed by atoms with Gasteiger partial charge in [0.05, 0.1) is 13.2 Å². The molecule has 2 aromatic rings. The number of rotatable bonds is 12. The number of hydrogen-bond donors (Lipinski definition) is 0. The van der Waals surface area contributed by atoms with E-state index < -0.39 is 18.1 Å². The highest BCUT2D eigenvalue weighted by Crippen LogP contribution is 2.25. The second-order valence-electron chi connectivity index (χ2n) is 7.24. The molecule has 9 heteroatoms. The standard InChI is InChI=1S/C22H34O7Si2/c1-17-11-9-12-18(2)21(17)15-27-30(23-5,24-6)29-31(25-7,26-8)28-16-22-19(3)13-10-14-20(22)4/h9-14H,15-16H2,1-8H3. The lowest BCUT2D eigenvalue weighted by Gasteiger charge is -2.33. The number of hydrogen-bond acceptors (Lipinski definition) is 7. The van der Waals surface area contributed by atoms with E-state index in [2.05, 4.69) is 0 Å². The molecule has 2 rings (SSSR count). The Kier molecular flexibility index (Phi) is 9.55. The predicted octanol–water partition coefficient (Wildman–Crippen LogP) is 4.13. The highest BCUT2D eigenvalue weighted by atomic mass is 28.5.